The van der Waals surface area contributed by atoms with Crippen LogP contribution in [-0.4, -0.2) is 15.6 Å². The summed E-state index contributed by atoms with van der Waals surface area (Å²) in [5, 5.41) is 4.65. The normalized spacial score (nSPS) is 16.2. The quantitative estimate of drug-likeness (QED) is 0.360. The van der Waals surface area contributed by atoms with Crippen molar-refractivity contribution in [3.63, 3.8) is 0 Å². The Labute approximate surface area is 198 Å². The first kappa shape index (κ1) is 21.3. The zero-order chi connectivity index (χ0) is 22.9. The van der Waals surface area contributed by atoms with E-state index in [0.29, 0.717) is 10.1 Å². The van der Waals surface area contributed by atoms with Crippen molar-refractivity contribution in [2.75, 3.05) is 0 Å². The van der Waals surface area contributed by atoms with Gasteiger partial charge in [-0.05, 0) is 73.5 Å². The molecule has 0 bridgehead atoms. The van der Waals surface area contributed by atoms with Gasteiger partial charge in [-0.3, -0.25) is 4.79 Å². The van der Waals surface area contributed by atoms with E-state index in [-0.39, 0.29) is 5.91 Å². The van der Waals surface area contributed by atoms with Gasteiger partial charge in [0.05, 0.1) is 10.6 Å². The highest BCUT2D eigenvalue weighted by molar-refractivity contribution is 8.18. The summed E-state index contributed by atoms with van der Waals surface area (Å²) in [7, 11) is 0. The number of benzene rings is 3. The van der Waals surface area contributed by atoms with Crippen LogP contribution in [0.4, 0.5) is 5.69 Å². The summed E-state index contributed by atoms with van der Waals surface area (Å²) in [6, 6.07) is 23.0. The first-order valence-corrected chi connectivity index (χ1v) is 11.8. The van der Waals surface area contributed by atoms with E-state index in [0.717, 1.165) is 28.7 Å². The summed E-state index contributed by atoms with van der Waals surface area (Å²) in [4.78, 5) is 18.0. The molecule has 2 heterocycles. The van der Waals surface area contributed by atoms with Gasteiger partial charge in [-0.1, -0.05) is 54.1 Å². The molecule has 3 aromatic carbocycles. The van der Waals surface area contributed by atoms with Gasteiger partial charge in [-0.2, -0.15) is 0 Å². The number of aliphatic imine (C=N–C) groups is 1. The summed E-state index contributed by atoms with van der Waals surface area (Å²) >= 11 is 1.38. The van der Waals surface area contributed by atoms with Crippen molar-refractivity contribution in [3.05, 3.63) is 106 Å². The third kappa shape index (κ3) is 4.50. The Hall–Kier alpha value is -3.57. The van der Waals surface area contributed by atoms with Crippen molar-refractivity contribution in [3.8, 4) is 0 Å². The average Bonchev–Trinajstić information content (AvgIpc) is 3.31. The first-order chi connectivity index (χ1) is 16.0. The number of nitrogens with one attached hydrogen (secondary N) is 1. The highest BCUT2D eigenvalue weighted by atomic mass is 32.2. The number of amides is 1. The van der Waals surface area contributed by atoms with Crippen LogP contribution >= 0.6 is 11.8 Å². The first-order valence-electron chi connectivity index (χ1n) is 11.0. The van der Waals surface area contributed by atoms with E-state index in [1.54, 1.807) is 0 Å². The standard InChI is InChI=1S/C28H25N3OS/c1-18-7-6-8-21(13-18)16-31-17-22(24-9-4-5-10-25(24)31)15-26-27(32)30-28(33-26)29-23-12-11-19(2)20(3)14-23/h4-15,17H,16H2,1-3H3,(H,29,30,32)/b26-15-. The van der Waals surface area contributed by atoms with Crippen LogP contribution in [0.2, 0.25) is 0 Å². The maximum Gasteiger partial charge on any atom is 0.264 e. The smallest absolute Gasteiger partial charge is 0.264 e. The van der Waals surface area contributed by atoms with Crippen LogP contribution in [0.3, 0.4) is 0 Å². The summed E-state index contributed by atoms with van der Waals surface area (Å²) in [5.41, 5.74) is 7.94. The van der Waals surface area contributed by atoms with Crippen molar-refractivity contribution < 1.29 is 4.79 Å². The van der Waals surface area contributed by atoms with E-state index in [1.165, 1.54) is 34.0 Å². The van der Waals surface area contributed by atoms with E-state index in [2.05, 4.69) is 90.4 Å². The number of amidine groups is 1. The van der Waals surface area contributed by atoms with Crippen molar-refractivity contribution in [1.82, 2.24) is 9.88 Å². The lowest BCUT2D eigenvalue weighted by molar-refractivity contribution is -0.115. The lowest BCUT2D eigenvalue weighted by Gasteiger charge is -2.06. The molecule has 4 nitrogen and oxygen atoms in total. The topological polar surface area (TPSA) is 46.4 Å². The fourth-order valence-electron chi connectivity index (χ4n) is 4.06. The van der Waals surface area contributed by atoms with Crippen LogP contribution in [0.5, 0.6) is 0 Å². The van der Waals surface area contributed by atoms with E-state index in [4.69, 9.17) is 0 Å². The van der Waals surface area contributed by atoms with Crippen LogP contribution in [0.15, 0.2) is 82.8 Å². The fraction of sp³-hybridized carbons (Fsp3) is 0.143. The summed E-state index contributed by atoms with van der Waals surface area (Å²) in [6.45, 7) is 7.04. The number of aryl methyl sites for hydroxylation is 3. The molecule has 0 saturated carbocycles. The SMILES string of the molecule is Cc1cccc(Cn2cc(/C=C3\SC(=Nc4ccc(C)c(C)c4)NC3=O)c3ccccc32)c1. The van der Waals surface area contributed by atoms with Gasteiger partial charge in [0.2, 0.25) is 0 Å². The Kier molecular flexibility index (Phi) is 5.65. The molecule has 0 radical (unpaired) electrons. The summed E-state index contributed by atoms with van der Waals surface area (Å²) in [5.74, 6) is -0.113. The van der Waals surface area contributed by atoms with Gasteiger partial charge in [0.25, 0.3) is 5.91 Å². The number of fused-ring (bicyclic) bond motifs is 1. The molecule has 5 heteroatoms. The Bertz CT molecular complexity index is 1440. The van der Waals surface area contributed by atoms with Crippen LogP contribution in [0.1, 0.15) is 27.8 Å². The number of para-hydroxylation sites is 1. The largest absolute Gasteiger partial charge is 0.342 e. The molecule has 1 aliphatic heterocycles. The molecule has 1 saturated heterocycles. The number of nitrogens with zero attached hydrogens (tertiary/aromatic N) is 2. The molecule has 1 fully saturated rings. The van der Waals surface area contributed by atoms with Crippen molar-refractivity contribution in [1.29, 1.82) is 0 Å². The third-order valence-corrected chi connectivity index (χ3v) is 6.82. The zero-order valence-corrected chi connectivity index (χ0v) is 19.7. The van der Waals surface area contributed by atoms with Crippen molar-refractivity contribution >= 4 is 45.5 Å². The van der Waals surface area contributed by atoms with Gasteiger partial charge in [0.15, 0.2) is 5.17 Å². The number of aromatic nitrogens is 1. The Morgan fingerprint density at radius 2 is 1.82 bits per heavy atom. The van der Waals surface area contributed by atoms with Gasteiger partial charge in [0.1, 0.15) is 0 Å². The second-order valence-electron chi connectivity index (χ2n) is 8.47. The monoisotopic (exact) mass is 451 g/mol. The third-order valence-electron chi connectivity index (χ3n) is 5.91. The average molecular weight is 452 g/mol. The van der Waals surface area contributed by atoms with Gasteiger partial charge >= 0.3 is 0 Å². The van der Waals surface area contributed by atoms with Gasteiger partial charge in [-0.15, -0.1) is 0 Å². The van der Waals surface area contributed by atoms with Gasteiger partial charge in [-0.25, -0.2) is 4.99 Å². The molecular formula is C28H25N3OS. The van der Waals surface area contributed by atoms with Crippen molar-refractivity contribution in [2.45, 2.75) is 27.3 Å². The number of thioether (sulfide) groups is 1. The Morgan fingerprint density at radius 3 is 2.64 bits per heavy atom. The highest BCUT2D eigenvalue weighted by Crippen LogP contribution is 2.31. The number of carbonyl (C=O) groups excluding carboxylic acids is 1. The molecule has 0 unspecified atom stereocenters. The Morgan fingerprint density at radius 1 is 0.970 bits per heavy atom. The predicted molar refractivity (Wildman–Crippen MR) is 139 cm³/mol. The molecule has 0 aliphatic carbocycles. The molecule has 5 rings (SSSR count). The molecule has 0 spiro atoms. The van der Waals surface area contributed by atoms with E-state index < -0.39 is 0 Å². The molecule has 1 aromatic heterocycles. The lowest BCUT2D eigenvalue weighted by Crippen LogP contribution is -2.19. The van der Waals surface area contributed by atoms with E-state index in [1.807, 2.05) is 24.3 Å². The minimum atomic E-state index is -0.113. The predicted octanol–water partition coefficient (Wildman–Crippen LogP) is 6.51. The Balaban J connectivity index is 1.47. The van der Waals surface area contributed by atoms with Gasteiger partial charge < -0.3 is 9.88 Å². The minimum absolute atomic E-state index is 0.113. The van der Waals surface area contributed by atoms with Crippen LogP contribution in [0, 0.1) is 20.8 Å². The molecule has 4 aromatic rings. The molecule has 0 atom stereocenters. The van der Waals surface area contributed by atoms with Crippen LogP contribution in [0.25, 0.3) is 17.0 Å². The van der Waals surface area contributed by atoms with Crippen molar-refractivity contribution in [2.24, 2.45) is 4.99 Å². The maximum absolute atomic E-state index is 12.7. The molecule has 1 N–H and O–H groups in total. The molecule has 1 amide bonds. The maximum atomic E-state index is 12.7. The number of hydrogen-bond donors (Lipinski definition) is 1. The fourth-order valence-corrected chi connectivity index (χ4v) is 4.90. The molecule has 1 aliphatic rings. The summed E-state index contributed by atoms with van der Waals surface area (Å²) in [6.07, 6.45) is 4.10. The molecular weight excluding hydrogens is 426 g/mol. The van der Waals surface area contributed by atoms with E-state index >= 15 is 0 Å². The second-order valence-corrected chi connectivity index (χ2v) is 9.50. The summed E-state index contributed by atoms with van der Waals surface area (Å²) < 4.78 is 2.25. The second kappa shape index (κ2) is 8.75. The highest BCUT2D eigenvalue weighted by Gasteiger charge is 2.24. The molecule has 164 valence electrons. The number of rotatable bonds is 4. The van der Waals surface area contributed by atoms with Gasteiger partial charge in [0, 0.05) is 29.2 Å². The van der Waals surface area contributed by atoms with Crippen LogP contribution < -0.4 is 5.32 Å². The number of carbonyl (C=O) groups is 1. The van der Waals surface area contributed by atoms with Crippen LogP contribution in [-0.2, 0) is 11.3 Å². The van der Waals surface area contributed by atoms with E-state index in [9.17, 15) is 4.79 Å². The lowest BCUT2D eigenvalue weighted by atomic mass is 10.1. The number of hydrogen-bond acceptors (Lipinski definition) is 3. The molecule has 33 heavy (non-hydrogen) atoms. The minimum Gasteiger partial charge on any atom is -0.342 e. The zero-order valence-electron chi connectivity index (χ0n) is 18.9.